The van der Waals surface area contributed by atoms with E-state index in [9.17, 15) is 70.6 Å². The van der Waals surface area contributed by atoms with Gasteiger partial charge in [-0.3, -0.25) is 9.59 Å². The van der Waals surface area contributed by atoms with Crippen molar-refractivity contribution in [1.82, 2.24) is 0 Å². The number of carboxylic acid groups (broad SMARTS) is 1. The lowest BCUT2D eigenvalue weighted by atomic mass is 9.33. The number of hydrogen-bond donors (Lipinski definition) is 13. The monoisotopic (exact) mass is 1160 g/mol. The molecule has 0 radical (unpaired) electrons. The van der Waals surface area contributed by atoms with E-state index < -0.39 is 181 Å². The number of aliphatic carboxylic acids is 1. The first kappa shape index (κ1) is 64.4. The second kappa shape index (κ2) is 23.9. The van der Waals surface area contributed by atoms with Crippen LogP contribution in [-0.2, 0) is 57.0 Å². The number of esters is 2. The summed E-state index contributed by atoms with van der Waals surface area (Å²) in [6.45, 7) is 16.3. The van der Waals surface area contributed by atoms with Crippen molar-refractivity contribution in [2.75, 3.05) is 39.6 Å². The van der Waals surface area contributed by atoms with Crippen LogP contribution in [0.2, 0.25) is 0 Å². The van der Waals surface area contributed by atoms with Gasteiger partial charge in [0.1, 0.15) is 73.8 Å². The second-order valence-electron chi connectivity index (χ2n) is 26.3. The lowest BCUT2D eigenvalue weighted by molar-refractivity contribution is -0.387. The quantitative estimate of drug-likeness (QED) is 0.0496. The zero-order valence-corrected chi connectivity index (χ0v) is 47.9. The number of carboxylic acids is 1. The SMILES string of the molecule is CC(=O)OC(C)C(C)C(=O)OC[C@]12C3CC(C)(C)[C@@H](O[C@H]1C[C@]1(C)C3=CCC3[C@@]4(C)CC[C@H](O[C@@H]5O[C@H](C(=O)O)C(O[C@H]6O[C@H](CO)[C@@H](O)[C@H](O)[C@H]6O)[C@H](O)[C@H]5O[C@H]5OC[C@H](O)[C@@H](O)[C@@H]5O)[C@](C)(CO)C4CC[C@]31C)[C@H]2O.NCCO. The van der Waals surface area contributed by atoms with Crippen LogP contribution in [0.5, 0.6) is 0 Å². The second-order valence-corrected chi connectivity index (χ2v) is 26.3. The van der Waals surface area contributed by atoms with Crippen molar-refractivity contribution in [2.45, 2.75) is 224 Å². The molecule has 0 spiro atoms. The number of allylic oxidation sites excluding steroid dienone is 2. The summed E-state index contributed by atoms with van der Waals surface area (Å²) in [7, 11) is 0. The number of carbonyl (C=O) groups is 3. The van der Waals surface area contributed by atoms with E-state index >= 15 is 0 Å². The molecule has 4 aliphatic heterocycles. The zero-order valence-electron chi connectivity index (χ0n) is 47.9. The molecule has 9 aliphatic rings. The van der Waals surface area contributed by atoms with Crippen molar-refractivity contribution >= 4 is 17.9 Å². The summed E-state index contributed by atoms with van der Waals surface area (Å²) < 4.78 is 54.3. The summed E-state index contributed by atoms with van der Waals surface area (Å²) >= 11 is 0. The van der Waals surface area contributed by atoms with Gasteiger partial charge in [0, 0.05) is 18.9 Å². The van der Waals surface area contributed by atoms with Crippen LogP contribution in [0, 0.1) is 56.2 Å². The van der Waals surface area contributed by atoms with Gasteiger partial charge in [-0.2, -0.15) is 0 Å². The Morgan fingerprint density at radius 1 is 0.765 bits per heavy atom. The van der Waals surface area contributed by atoms with Crippen molar-refractivity contribution in [3.8, 4) is 0 Å². The number of ether oxygens (including phenoxy) is 9. The first-order valence-corrected chi connectivity index (χ1v) is 28.7. The highest BCUT2D eigenvalue weighted by molar-refractivity contribution is 5.74. The Labute approximate surface area is 471 Å². The molecule has 2 bridgehead atoms. The van der Waals surface area contributed by atoms with Crippen LogP contribution in [0.4, 0.5) is 0 Å². The van der Waals surface area contributed by atoms with Gasteiger partial charge in [-0.15, -0.1) is 0 Å². The number of nitrogens with two attached hydrogens (primary N) is 1. The molecule has 0 aromatic carbocycles. The van der Waals surface area contributed by atoms with Crippen molar-refractivity contribution in [2.24, 2.45) is 61.9 Å². The van der Waals surface area contributed by atoms with E-state index in [1.54, 1.807) is 13.8 Å². The molecule has 4 saturated heterocycles. The minimum Gasteiger partial charge on any atom is -0.479 e. The summed E-state index contributed by atoms with van der Waals surface area (Å²) in [5.41, 5.74) is 2.38. The molecule has 9 rings (SSSR count). The maximum Gasteiger partial charge on any atom is 0.335 e. The third-order valence-electron chi connectivity index (χ3n) is 21.4. The van der Waals surface area contributed by atoms with E-state index in [0.29, 0.717) is 51.5 Å². The Morgan fingerprint density at radius 2 is 1.42 bits per heavy atom. The third kappa shape index (κ3) is 10.7. The van der Waals surface area contributed by atoms with Gasteiger partial charge in [0.05, 0.1) is 62.2 Å². The molecule has 4 heterocycles. The average molecular weight is 1160 g/mol. The average Bonchev–Trinajstić information content (AvgIpc) is 2.48. The molecule has 25 heteroatoms. The molecule has 25 nitrogen and oxygen atoms in total. The molecule has 0 amide bonds. The fourth-order valence-electron chi connectivity index (χ4n) is 16.5. The van der Waals surface area contributed by atoms with Crippen LogP contribution in [0.15, 0.2) is 11.6 Å². The summed E-state index contributed by atoms with van der Waals surface area (Å²) in [6, 6.07) is 0. The van der Waals surface area contributed by atoms with Crippen LogP contribution in [0.25, 0.3) is 0 Å². The predicted octanol–water partition coefficient (Wildman–Crippen LogP) is -1.65. The van der Waals surface area contributed by atoms with Crippen molar-refractivity contribution in [3.63, 3.8) is 0 Å². The van der Waals surface area contributed by atoms with Gasteiger partial charge >= 0.3 is 17.9 Å². The number of aliphatic hydroxyl groups excluding tert-OH is 11. The highest BCUT2D eigenvalue weighted by atomic mass is 16.8. The van der Waals surface area contributed by atoms with Gasteiger partial charge in [-0.05, 0) is 98.2 Å². The van der Waals surface area contributed by atoms with E-state index in [-0.39, 0.29) is 43.0 Å². The van der Waals surface area contributed by atoms with Crippen LogP contribution in [0.1, 0.15) is 107 Å². The Balaban J connectivity index is 0.00000208. The van der Waals surface area contributed by atoms with Crippen LogP contribution in [0.3, 0.4) is 0 Å². The van der Waals surface area contributed by atoms with Gasteiger partial charge in [0.25, 0.3) is 0 Å². The summed E-state index contributed by atoms with van der Waals surface area (Å²) in [4.78, 5) is 38.4. The number of aliphatic hydroxyl groups is 11. The van der Waals surface area contributed by atoms with E-state index in [1.807, 2.05) is 6.92 Å². The maximum absolute atomic E-state index is 13.6. The van der Waals surface area contributed by atoms with Gasteiger partial charge in [0.15, 0.2) is 25.0 Å². The number of fused-ring (bicyclic) bond motifs is 7. The molecular formula is C56H91NO24. The smallest absolute Gasteiger partial charge is 0.335 e. The fraction of sp³-hybridized carbons (Fsp3) is 0.911. The number of hydrogen-bond acceptors (Lipinski definition) is 24. The first-order valence-electron chi connectivity index (χ1n) is 28.7. The summed E-state index contributed by atoms with van der Waals surface area (Å²) in [5, 5.41) is 128. The molecule has 28 atom stereocenters. The normalized spacial score (nSPS) is 49.5. The Hall–Kier alpha value is -2.61. The summed E-state index contributed by atoms with van der Waals surface area (Å²) in [5.74, 6) is -3.82. The molecular weight excluding hydrogens is 1070 g/mol. The lowest BCUT2D eigenvalue weighted by Crippen LogP contribution is -2.69. The van der Waals surface area contributed by atoms with Gasteiger partial charge in [-0.1, -0.05) is 53.2 Å². The molecule has 464 valence electrons. The van der Waals surface area contributed by atoms with E-state index in [0.717, 1.165) is 0 Å². The fourth-order valence-corrected chi connectivity index (χ4v) is 16.5. The first-order chi connectivity index (χ1) is 37.9. The van der Waals surface area contributed by atoms with Crippen molar-refractivity contribution in [1.29, 1.82) is 0 Å². The molecule has 0 aromatic heterocycles. The summed E-state index contributed by atoms with van der Waals surface area (Å²) in [6.07, 6.45) is -22.8. The number of rotatable bonds is 15. The molecule has 0 aromatic rings. The molecule has 8 fully saturated rings. The highest BCUT2D eigenvalue weighted by Gasteiger charge is 2.76. The zero-order chi connectivity index (χ0) is 59.9. The van der Waals surface area contributed by atoms with Gasteiger partial charge < -0.3 is 110 Å². The standard InChI is InChI=1S/C54H84O23.C2H7NO/c1-22(23(2)71-24(3)57)45(68)70-21-54-26-16-49(4,5)43(42(54)65)73-32(54)17-53(9)25(26)10-11-30-50(6)14-13-31(51(7,20-56)29(50)12-15-52(30,53)8)74-48-40(76-46-36(62)33(59)27(58)19-69-46)38(64)39(41(77-48)44(66)67)75-47-37(63)35(61)34(60)28(18-55)72-47;3-1-2-4/h10,22-23,26-43,46-48,55-56,58-65H,11-21H2,1-9H3,(H,66,67);4H,1-3H2/t22?,23?,26?,27-,28+,29?,30?,31-,32-,33+,34+,35-,36-,37+,38-,39?,40+,41-,42+,43-,46+,47+,48+,50-,51+,52+,53+,54-;/m0./s1. The van der Waals surface area contributed by atoms with Crippen molar-refractivity contribution < 1.29 is 118 Å². The molecule has 81 heavy (non-hydrogen) atoms. The molecule has 6 unspecified atom stereocenters. The predicted molar refractivity (Wildman–Crippen MR) is 277 cm³/mol. The van der Waals surface area contributed by atoms with Gasteiger partial charge in [-0.25, -0.2) is 4.79 Å². The van der Waals surface area contributed by atoms with Crippen LogP contribution < -0.4 is 5.73 Å². The largest absolute Gasteiger partial charge is 0.479 e. The molecule has 5 aliphatic carbocycles. The molecule has 14 N–H and O–H groups in total. The van der Waals surface area contributed by atoms with Crippen LogP contribution >= 0.6 is 0 Å². The third-order valence-corrected chi connectivity index (χ3v) is 21.4. The van der Waals surface area contributed by atoms with E-state index in [2.05, 4.69) is 40.7 Å². The van der Waals surface area contributed by atoms with E-state index in [1.165, 1.54) is 12.5 Å². The maximum atomic E-state index is 13.6. The number of carbonyl (C=O) groups excluding carboxylic acids is 2. The van der Waals surface area contributed by atoms with Gasteiger partial charge in [0.2, 0.25) is 0 Å². The minimum atomic E-state index is -2.09. The van der Waals surface area contributed by atoms with Crippen LogP contribution in [-0.4, -0.2) is 235 Å². The Bertz CT molecular complexity index is 2270. The van der Waals surface area contributed by atoms with E-state index in [4.69, 9.17) is 53.5 Å². The Morgan fingerprint density at radius 3 is 2.04 bits per heavy atom. The lowest BCUT2D eigenvalue weighted by Gasteiger charge is -2.71. The highest BCUT2D eigenvalue weighted by Crippen LogP contribution is 2.77. The molecule has 4 saturated carbocycles. The van der Waals surface area contributed by atoms with Crippen molar-refractivity contribution in [3.05, 3.63) is 11.6 Å². The topological polar surface area (TPSA) is 403 Å². The Kier molecular flexibility index (Phi) is 19.0. The minimum absolute atomic E-state index is 0.0482.